The summed E-state index contributed by atoms with van der Waals surface area (Å²) in [4.78, 5) is 12.5. The van der Waals surface area contributed by atoms with Gasteiger partial charge in [-0.3, -0.25) is 4.79 Å². The van der Waals surface area contributed by atoms with E-state index in [1.807, 2.05) is 0 Å². The molecule has 3 rings (SSSR count). The highest BCUT2D eigenvalue weighted by Crippen LogP contribution is 2.28. The Kier molecular flexibility index (Phi) is 8.44. The van der Waals surface area contributed by atoms with Crippen LogP contribution < -0.4 is 19.1 Å². The molecule has 0 atom stereocenters. The summed E-state index contributed by atoms with van der Waals surface area (Å²) < 4.78 is 41.9. The molecule has 0 saturated carbocycles. The van der Waals surface area contributed by atoms with Crippen LogP contribution in [-0.2, 0) is 10.1 Å². The number of hydrazone groups is 1. The molecule has 0 bridgehead atoms. The molecule has 1 N–H and O–H groups in total. The molecule has 3 aromatic rings. The van der Waals surface area contributed by atoms with E-state index in [-0.39, 0.29) is 16.2 Å². The van der Waals surface area contributed by atoms with Gasteiger partial charge in [0.2, 0.25) is 0 Å². The van der Waals surface area contributed by atoms with Gasteiger partial charge in [0.15, 0.2) is 17.2 Å². The molecule has 0 aliphatic rings. The maximum atomic E-state index is 12.6. The molecule has 0 heterocycles. The molecule has 1 amide bonds. The summed E-state index contributed by atoms with van der Waals surface area (Å²) in [6.45, 7) is 3.89. The molecule has 0 spiro atoms. The fraction of sp³-hybridized carbons (Fsp3) is 0.0833. The highest BCUT2D eigenvalue weighted by molar-refractivity contribution is 9.10. The molecule has 8 nitrogen and oxygen atoms in total. The Balaban J connectivity index is 1.76. The molecule has 0 saturated heterocycles. The van der Waals surface area contributed by atoms with Gasteiger partial charge in [-0.05, 0) is 48.5 Å². The third kappa shape index (κ3) is 6.46. The van der Waals surface area contributed by atoms with Crippen molar-refractivity contribution in [3.8, 4) is 17.2 Å². The van der Waals surface area contributed by atoms with Crippen LogP contribution in [-0.4, -0.2) is 34.3 Å². The first-order valence-electron chi connectivity index (χ1n) is 9.88. The predicted octanol–water partition coefficient (Wildman–Crippen LogP) is 4.55. The summed E-state index contributed by atoms with van der Waals surface area (Å²) in [5.41, 5.74) is 3.02. The molecule has 3 aromatic carbocycles. The Labute approximate surface area is 206 Å². The third-order valence-electron chi connectivity index (χ3n) is 4.36. The second-order valence-corrected chi connectivity index (χ2v) is 9.16. The van der Waals surface area contributed by atoms with Crippen LogP contribution in [0, 0.1) is 0 Å². The van der Waals surface area contributed by atoms with Gasteiger partial charge in [0.1, 0.15) is 11.5 Å². The number of nitrogens with one attached hydrogen (secondary N) is 1. The Morgan fingerprint density at radius 3 is 2.50 bits per heavy atom. The Bertz CT molecular complexity index is 1310. The topological polar surface area (TPSA) is 103 Å². The number of hydrogen-bond acceptors (Lipinski definition) is 7. The van der Waals surface area contributed by atoms with Gasteiger partial charge in [-0.25, -0.2) is 5.43 Å². The standard InChI is InChI=1S/C24H21BrN2O6S/c1-3-13-32-22-11-9-17(15-23(22)31-2)24(28)27-26-16-18-14-19(25)10-12-21(18)33-34(29,30)20-7-5-4-6-8-20/h3-12,14-16H,1,13H2,2H3,(H,27,28)/b26-16+. The predicted molar refractivity (Wildman–Crippen MR) is 132 cm³/mol. The summed E-state index contributed by atoms with van der Waals surface area (Å²) in [6, 6.07) is 17.2. The number of carbonyl (C=O) groups excluding carboxylic acids is 1. The van der Waals surface area contributed by atoms with Crippen LogP contribution in [0.5, 0.6) is 17.2 Å². The van der Waals surface area contributed by atoms with E-state index in [1.165, 1.54) is 37.6 Å². The number of benzene rings is 3. The van der Waals surface area contributed by atoms with Gasteiger partial charge in [0, 0.05) is 15.6 Å². The minimum Gasteiger partial charge on any atom is -0.493 e. The largest absolute Gasteiger partial charge is 0.493 e. The average Bonchev–Trinajstić information content (AvgIpc) is 2.84. The Hall–Kier alpha value is -3.63. The van der Waals surface area contributed by atoms with Crippen molar-refractivity contribution < 1.29 is 26.9 Å². The minimum atomic E-state index is -4.05. The highest BCUT2D eigenvalue weighted by atomic mass is 79.9. The van der Waals surface area contributed by atoms with E-state index in [1.54, 1.807) is 48.5 Å². The molecule has 0 aliphatic heterocycles. The van der Waals surface area contributed by atoms with E-state index < -0.39 is 16.0 Å². The van der Waals surface area contributed by atoms with Crippen molar-refractivity contribution in [3.63, 3.8) is 0 Å². The number of ether oxygens (including phenoxy) is 2. The van der Waals surface area contributed by atoms with Crippen molar-refractivity contribution in [1.29, 1.82) is 0 Å². The van der Waals surface area contributed by atoms with E-state index in [2.05, 4.69) is 33.0 Å². The summed E-state index contributed by atoms with van der Waals surface area (Å²) in [5, 5.41) is 3.94. The maximum Gasteiger partial charge on any atom is 0.339 e. The molecule has 0 radical (unpaired) electrons. The molecular weight excluding hydrogens is 524 g/mol. The molecule has 0 aliphatic carbocycles. The molecule has 0 aromatic heterocycles. The van der Waals surface area contributed by atoms with Gasteiger partial charge in [-0.15, -0.1) is 0 Å². The second-order valence-electron chi connectivity index (χ2n) is 6.70. The van der Waals surface area contributed by atoms with Crippen molar-refractivity contribution in [1.82, 2.24) is 5.43 Å². The molecule has 0 unspecified atom stereocenters. The third-order valence-corrected chi connectivity index (χ3v) is 6.10. The van der Waals surface area contributed by atoms with Crippen LogP contribution in [0.25, 0.3) is 0 Å². The molecule has 0 fully saturated rings. The van der Waals surface area contributed by atoms with Crippen LogP contribution in [0.1, 0.15) is 15.9 Å². The monoisotopic (exact) mass is 544 g/mol. The zero-order chi connectivity index (χ0) is 24.6. The number of nitrogens with zero attached hydrogens (tertiary/aromatic N) is 1. The highest BCUT2D eigenvalue weighted by Gasteiger charge is 2.18. The van der Waals surface area contributed by atoms with E-state index >= 15 is 0 Å². The summed E-state index contributed by atoms with van der Waals surface area (Å²) in [6.07, 6.45) is 2.89. The van der Waals surface area contributed by atoms with E-state index in [0.29, 0.717) is 28.1 Å². The zero-order valence-electron chi connectivity index (χ0n) is 18.1. The summed E-state index contributed by atoms with van der Waals surface area (Å²) in [5.74, 6) is 0.403. The SMILES string of the molecule is C=CCOc1ccc(C(=O)N/N=C/c2cc(Br)ccc2OS(=O)(=O)c2ccccc2)cc1OC. The summed E-state index contributed by atoms with van der Waals surface area (Å²) >= 11 is 3.33. The lowest BCUT2D eigenvalue weighted by atomic mass is 10.2. The van der Waals surface area contributed by atoms with Crippen molar-refractivity contribution in [2.24, 2.45) is 5.10 Å². The fourth-order valence-electron chi connectivity index (χ4n) is 2.75. The average molecular weight is 545 g/mol. The zero-order valence-corrected chi connectivity index (χ0v) is 20.5. The maximum absolute atomic E-state index is 12.6. The number of amides is 1. The van der Waals surface area contributed by atoms with Crippen molar-refractivity contribution in [3.05, 3.63) is 95.0 Å². The lowest BCUT2D eigenvalue weighted by molar-refractivity contribution is 0.0954. The Morgan fingerprint density at radius 1 is 1.06 bits per heavy atom. The number of carbonyl (C=O) groups is 1. The number of rotatable bonds is 10. The van der Waals surface area contributed by atoms with Crippen molar-refractivity contribution in [2.75, 3.05) is 13.7 Å². The number of halogens is 1. The normalized spacial score (nSPS) is 11.1. The van der Waals surface area contributed by atoms with E-state index in [4.69, 9.17) is 13.7 Å². The minimum absolute atomic E-state index is 0.0172. The molecule has 34 heavy (non-hydrogen) atoms. The van der Waals surface area contributed by atoms with E-state index in [9.17, 15) is 13.2 Å². The van der Waals surface area contributed by atoms with Crippen molar-refractivity contribution >= 4 is 38.2 Å². The smallest absolute Gasteiger partial charge is 0.339 e. The van der Waals surface area contributed by atoms with E-state index in [0.717, 1.165) is 0 Å². The first-order valence-corrected chi connectivity index (χ1v) is 12.1. The second kappa shape index (κ2) is 11.5. The number of methoxy groups -OCH3 is 1. The van der Waals surface area contributed by atoms with Gasteiger partial charge < -0.3 is 13.7 Å². The quantitative estimate of drug-likeness (QED) is 0.174. The van der Waals surface area contributed by atoms with Gasteiger partial charge >= 0.3 is 10.1 Å². The number of hydrogen-bond donors (Lipinski definition) is 1. The van der Waals surface area contributed by atoms with Crippen LogP contribution >= 0.6 is 15.9 Å². The molecule has 10 heteroatoms. The van der Waals surface area contributed by atoms with Crippen LogP contribution in [0.15, 0.2) is 93.9 Å². The van der Waals surface area contributed by atoms with Crippen LogP contribution in [0.4, 0.5) is 0 Å². The van der Waals surface area contributed by atoms with Crippen molar-refractivity contribution in [2.45, 2.75) is 4.90 Å². The lowest BCUT2D eigenvalue weighted by Gasteiger charge is -2.11. The van der Waals surface area contributed by atoms with Crippen LogP contribution in [0.2, 0.25) is 0 Å². The lowest BCUT2D eigenvalue weighted by Crippen LogP contribution is -2.18. The fourth-order valence-corrected chi connectivity index (χ4v) is 4.10. The first kappa shape index (κ1) is 25.0. The van der Waals surface area contributed by atoms with Gasteiger partial charge in [-0.2, -0.15) is 13.5 Å². The molecular formula is C24H21BrN2O6S. The van der Waals surface area contributed by atoms with Gasteiger partial charge in [0.25, 0.3) is 5.91 Å². The summed E-state index contributed by atoms with van der Waals surface area (Å²) in [7, 11) is -2.58. The first-order chi connectivity index (χ1) is 16.3. The van der Waals surface area contributed by atoms with Gasteiger partial charge in [-0.1, -0.05) is 46.8 Å². The van der Waals surface area contributed by atoms with Crippen LogP contribution in [0.3, 0.4) is 0 Å². The molecule has 176 valence electrons. The Morgan fingerprint density at radius 2 is 1.79 bits per heavy atom. The van der Waals surface area contributed by atoms with Gasteiger partial charge in [0.05, 0.1) is 13.3 Å².